The SMILES string of the molecule is C.C.C.Cc1cc(OCCCNCC(C)(C)C(N)=O)ccc1Cc1c(O[C@@H]2OC(CO)[C@@H](O)[C@@H](O)C2O)n[nH]c1C(C)C.O=C(O)CC(=O)O. The molecule has 50 heavy (non-hydrogen) atoms. The first-order valence-electron chi connectivity index (χ1n) is 15.2. The molecular weight excluding hydrogens is 656 g/mol. The maximum absolute atomic E-state index is 11.4. The number of aromatic amines is 1. The third-order valence-corrected chi connectivity index (χ3v) is 7.50. The Kier molecular flexibility index (Phi) is 21.4. The lowest BCUT2D eigenvalue weighted by molar-refractivity contribution is -0.278. The average Bonchev–Trinajstić information content (AvgIpc) is 3.38. The van der Waals surface area contributed by atoms with Gasteiger partial charge in [0.25, 0.3) is 0 Å². The van der Waals surface area contributed by atoms with Crippen molar-refractivity contribution >= 4 is 17.8 Å². The van der Waals surface area contributed by atoms with Gasteiger partial charge in [-0.05, 0) is 62.9 Å². The van der Waals surface area contributed by atoms with Gasteiger partial charge < -0.3 is 55.9 Å². The van der Waals surface area contributed by atoms with Gasteiger partial charge in [-0.1, -0.05) is 42.2 Å². The number of primary amides is 1. The van der Waals surface area contributed by atoms with Gasteiger partial charge in [0.2, 0.25) is 18.1 Å². The second-order valence-corrected chi connectivity index (χ2v) is 12.2. The molecule has 0 spiro atoms. The molecule has 0 bridgehead atoms. The van der Waals surface area contributed by atoms with Gasteiger partial charge in [0.05, 0.1) is 18.6 Å². The third kappa shape index (κ3) is 14.2. The number of carbonyl (C=O) groups is 3. The maximum atomic E-state index is 11.4. The van der Waals surface area contributed by atoms with Crippen LogP contribution in [0.3, 0.4) is 0 Å². The molecule has 1 aliphatic rings. The lowest BCUT2D eigenvalue weighted by Crippen LogP contribution is -2.60. The van der Waals surface area contributed by atoms with Crippen molar-refractivity contribution < 1.29 is 59.2 Å². The Morgan fingerprint density at radius 2 is 1.68 bits per heavy atom. The van der Waals surface area contributed by atoms with Gasteiger partial charge >= 0.3 is 11.9 Å². The van der Waals surface area contributed by atoms with E-state index in [-0.39, 0.29) is 40.0 Å². The van der Waals surface area contributed by atoms with Crippen molar-refractivity contribution in [2.45, 2.75) is 113 Å². The zero-order valence-electron chi connectivity index (χ0n) is 27.3. The predicted octanol–water partition coefficient (Wildman–Crippen LogP) is 1.94. The molecule has 1 saturated heterocycles. The highest BCUT2D eigenvalue weighted by molar-refractivity contribution is 5.88. The predicted molar refractivity (Wildman–Crippen MR) is 187 cm³/mol. The van der Waals surface area contributed by atoms with Crippen molar-refractivity contribution in [2.24, 2.45) is 11.1 Å². The molecule has 0 aliphatic carbocycles. The summed E-state index contributed by atoms with van der Waals surface area (Å²) < 4.78 is 17.3. The monoisotopic (exact) mass is 716 g/mol. The van der Waals surface area contributed by atoms with E-state index in [4.69, 9.17) is 30.2 Å². The number of nitrogens with two attached hydrogens (primary N) is 1. The van der Waals surface area contributed by atoms with Crippen LogP contribution in [0.5, 0.6) is 11.6 Å². The molecule has 1 aromatic heterocycles. The van der Waals surface area contributed by atoms with Crippen LogP contribution in [-0.4, -0.2) is 116 Å². The summed E-state index contributed by atoms with van der Waals surface area (Å²) in [5, 5.41) is 66.0. The molecular formula is C34H60N4O12. The Labute approximate surface area is 295 Å². The molecule has 2 unspecified atom stereocenters. The van der Waals surface area contributed by atoms with Crippen molar-refractivity contribution in [2.75, 3.05) is 26.3 Å². The Balaban J connectivity index is 0. The van der Waals surface area contributed by atoms with E-state index in [0.29, 0.717) is 26.1 Å². The molecule has 2 aromatic rings. The number of benzene rings is 1. The minimum atomic E-state index is -1.55. The number of hydrogen-bond acceptors (Lipinski definition) is 12. The van der Waals surface area contributed by atoms with Crippen molar-refractivity contribution in [3.8, 4) is 11.6 Å². The molecule has 16 heteroatoms. The van der Waals surface area contributed by atoms with Gasteiger partial charge in [0.15, 0.2) is 0 Å². The molecule has 10 N–H and O–H groups in total. The van der Waals surface area contributed by atoms with Crippen molar-refractivity contribution in [3.05, 3.63) is 40.6 Å². The molecule has 1 aliphatic heterocycles. The van der Waals surface area contributed by atoms with Crippen LogP contribution in [0.1, 0.15) is 91.1 Å². The summed E-state index contributed by atoms with van der Waals surface area (Å²) in [5.74, 6) is -1.91. The number of aromatic nitrogens is 2. The number of aryl methyl sites for hydroxylation is 1. The van der Waals surface area contributed by atoms with E-state index in [1.54, 1.807) is 13.8 Å². The molecule has 16 nitrogen and oxygen atoms in total. The number of H-pyrrole nitrogens is 1. The number of carboxylic acid groups (broad SMARTS) is 2. The van der Waals surface area contributed by atoms with Gasteiger partial charge in [-0.25, -0.2) is 0 Å². The summed E-state index contributed by atoms with van der Waals surface area (Å²) in [6, 6.07) is 5.85. The molecule has 288 valence electrons. The van der Waals surface area contributed by atoms with Crippen molar-refractivity contribution in [1.82, 2.24) is 15.5 Å². The number of nitrogens with one attached hydrogen (secondary N) is 2. The number of ether oxygens (including phenoxy) is 3. The van der Waals surface area contributed by atoms with E-state index in [9.17, 15) is 34.8 Å². The van der Waals surface area contributed by atoms with Crippen LogP contribution in [0.15, 0.2) is 18.2 Å². The fraction of sp³-hybridized carbons (Fsp3) is 0.647. The highest BCUT2D eigenvalue weighted by atomic mass is 16.7. The third-order valence-electron chi connectivity index (χ3n) is 7.50. The summed E-state index contributed by atoms with van der Waals surface area (Å²) in [7, 11) is 0. The number of aliphatic carboxylic acids is 2. The fourth-order valence-corrected chi connectivity index (χ4v) is 4.53. The van der Waals surface area contributed by atoms with Crippen LogP contribution in [-0.2, 0) is 25.5 Å². The van der Waals surface area contributed by atoms with Gasteiger partial charge in [-0.2, -0.15) is 0 Å². The maximum Gasteiger partial charge on any atom is 0.314 e. The van der Waals surface area contributed by atoms with E-state index in [1.807, 2.05) is 39.0 Å². The van der Waals surface area contributed by atoms with Crippen LogP contribution in [0.2, 0.25) is 0 Å². The number of aliphatic hydroxyl groups excluding tert-OH is 4. The molecule has 3 rings (SSSR count). The lowest BCUT2D eigenvalue weighted by atomic mass is 9.93. The second-order valence-electron chi connectivity index (χ2n) is 12.2. The molecule has 0 radical (unpaired) electrons. The van der Waals surface area contributed by atoms with Gasteiger partial charge in [0, 0.05) is 24.2 Å². The van der Waals surface area contributed by atoms with E-state index in [1.165, 1.54) is 0 Å². The largest absolute Gasteiger partial charge is 0.494 e. The standard InChI is InChI=1S/C28H44N4O8.C3H4O4.3CH4/c1-15(2)21-19(25(32-31-21)40-26-24(36)23(35)22(34)20(13-33)39-26)12-17-7-8-18(11-16(17)3)38-10-6-9-30-14-28(4,5)27(29)37;4-2(5)1-3(6)7;;;/h7-8,11,15,20,22-24,26,30,33-36H,6,9-10,12-14H2,1-5H3,(H2,29,37)(H,31,32);1H2,(H,4,5)(H,6,7);3*1H4/t20?,22-,23-,24?,26+;;;;/m1..../s1. The number of carbonyl (C=O) groups excluding carboxylic acids is 1. The van der Waals surface area contributed by atoms with Gasteiger partial charge in [-0.3, -0.25) is 19.5 Å². The summed E-state index contributed by atoms with van der Waals surface area (Å²) in [4.78, 5) is 30.3. The Morgan fingerprint density at radius 3 is 2.18 bits per heavy atom. The first-order valence-corrected chi connectivity index (χ1v) is 15.2. The minimum Gasteiger partial charge on any atom is -0.494 e. The van der Waals surface area contributed by atoms with Crippen molar-refractivity contribution in [3.63, 3.8) is 0 Å². The zero-order valence-corrected chi connectivity index (χ0v) is 27.3. The molecule has 1 amide bonds. The smallest absolute Gasteiger partial charge is 0.314 e. The summed E-state index contributed by atoms with van der Waals surface area (Å²) in [6.45, 7) is 10.8. The zero-order chi connectivity index (χ0) is 35.5. The summed E-state index contributed by atoms with van der Waals surface area (Å²) >= 11 is 0. The molecule has 1 aromatic carbocycles. The minimum absolute atomic E-state index is 0. The van der Waals surface area contributed by atoms with E-state index in [2.05, 4.69) is 15.5 Å². The molecule has 5 atom stereocenters. The quantitative estimate of drug-likeness (QED) is 0.0888. The summed E-state index contributed by atoms with van der Waals surface area (Å²) in [5.41, 5.74) is 8.45. The first kappa shape index (κ1) is 48.3. The number of hydrogen-bond donors (Lipinski definition) is 9. The van der Waals surface area contributed by atoms with E-state index < -0.39 is 61.1 Å². The first-order chi connectivity index (χ1) is 22.0. The van der Waals surface area contributed by atoms with Crippen LogP contribution in [0.25, 0.3) is 0 Å². The topological polar surface area (TPSA) is 267 Å². The van der Waals surface area contributed by atoms with Crippen molar-refractivity contribution in [1.29, 1.82) is 0 Å². The highest BCUT2D eigenvalue weighted by Crippen LogP contribution is 2.32. The van der Waals surface area contributed by atoms with Gasteiger partial charge in [-0.15, -0.1) is 5.10 Å². The fourth-order valence-electron chi connectivity index (χ4n) is 4.53. The van der Waals surface area contributed by atoms with Crippen LogP contribution >= 0.6 is 0 Å². The number of rotatable bonds is 16. The van der Waals surface area contributed by atoms with Crippen LogP contribution < -0.4 is 20.5 Å². The molecule has 1 fully saturated rings. The molecule has 2 heterocycles. The summed E-state index contributed by atoms with van der Waals surface area (Å²) in [6.07, 6.45) is -6.53. The van der Waals surface area contributed by atoms with Crippen LogP contribution in [0, 0.1) is 12.3 Å². The normalized spacial score (nSPS) is 19.8. The second kappa shape index (κ2) is 22.1. The highest BCUT2D eigenvalue weighted by Gasteiger charge is 2.45. The Bertz CT molecular complexity index is 1320. The molecule has 0 saturated carbocycles. The van der Waals surface area contributed by atoms with E-state index >= 15 is 0 Å². The Hall–Kier alpha value is -3.80. The number of nitrogens with zero attached hydrogens (tertiary/aromatic N) is 1. The van der Waals surface area contributed by atoms with Gasteiger partial charge in [0.1, 0.15) is 36.6 Å². The average molecular weight is 717 g/mol. The lowest BCUT2D eigenvalue weighted by Gasteiger charge is -2.39. The van der Waals surface area contributed by atoms with E-state index in [0.717, 1.165) is 34.6 Å². The van der Waals surface area contributed by atoms with Crippen LogP contribution in [0.4, 0.5) is 0 Å². The number of carboxylic acids is 2. The number of aliphatic hydroxyl groups is 4. The Morgan fingerprint density at radius 1 is 1.06 bits per heavy atom. The number of amides is 1.